The normalized spacial score (nSPS) is 10.1. The second-order valence-electron chi connectivity index (χ2n) is 2.90. The summed E-state index contributed by atoms with van der Waals surface area (Å²) in [7, 11) is 0. The molecule has 0 aliphatic heterocycles. The first-order chi connectivity index (χ1) is 6.20. The van der Waals surface area contributed by atoms with Crippen molar-refractivity contribution >= 4 is 21.7 Å². The smallest absolute Gasteiger partial charge is 0.162 e. The molecule has 0 bridgehead atoms. The Balaban J connectivity index is 3.20. The van der Waals surface area contributed by atoms with E-state index in [9.17, 15) is 4.79 Å². The lowest BCUT2D eigenvalue weighted by Crippen LogP contribution is -2.02. The number of carbonyl (C=O) groups is 1. The van der Waals surface area contributed by atoms with Crippen molar-refractivity contribution < 1.29 is 4.79 Å². The number of benzene rings is 1. The Hall–Kier alpha value is -0.630. The van der Waals surface area contributed by atoms with Gasteiger partial charge in [0.25, 0.3) is 0 Å². The maximum absolute atomic E-state index is 11.5. The molecule has 2 heteroatoms. The third kappa shape index (κ3) is 2.19. The summed E-state index contributed by atoms with van der Waals surface area (Å²) in [6.45, 7) is 3.95. The van der Waals surface area contributed by atoms with E-state index in [1.807, 2.05) is 25.1 Å². The summed E-state index contributed by atoms with van der Waals surface area (Å²) in [5.74, 6) is 0.221. The zero-order chi connectivity index (χ0) is 9.84. The van der Waals surface area contributed by atoms with Crippen LogP contribution in [0.4, 0.5) is 0 Å². The summed E-state index contributed by atoms with van der Waals surface area (Å²) >= 11 is 3.45. The summed E-state index contributed by atoms with van der Waals surface area (Å²) in [6, 6.07) is 5.78. The first-order valence-corrected chi connectivity index (χ1v) is 5.30. The number of Topliss-reactive ketones (excluding diaryl/α,β-unsaturated/α-hetero) is 1. The molecule has 0 N–H and O–H groups in total. The first kappa shape index (κ1) is 10.5. The number of carbonyl (C=O) groups excluding carboxylic acids is 1. The van der Waals surface area contributed by atoms with Gasteiger partial charge in [-0.2, -0.15) is 0 Å². The monoisotopic (exact) mass is 240 g/mol. The largest absolute Gasteiger partial charge is 0.294 e. The van der Waals surface area contributed by atoms with E-state index in [4.69, 9.17) is 0 Å². The van der Waals surface area contributed by atoms with Gasteiger partial charge in [-0.05, 0) is 18.1 Å². The van der Waals surface area contributed by atoms with Crippen molar-refractivity contribution in [1.82, 2.24) is 0 Å². The maximum atomic E-state index is 11.5. The summed E-state index contributed by atoms with van der Waals surface area (Å²) in [6.07, 6.45) is 1.46. The van der Waals surface area contributed by atoms with Gasteiger partial charge in [0.15, 0.2) is 5.78 Å². The molecule has 0 radical (unpaired) electrons. The molecule has 0 aliphatic carbocycles. The molecule has 0 aliphatic rings. The topological polar surface area (TPSA) is 17.1 Å². The second-order valence-corrected chi connectivity index (χ2v) is 3.75. The van der Waals surface area contributed by atoms with E-state index < -0.39 is 0 Å². The first-order valence-electron chi connectivity index (χ1n) is 4.51. The van der Waals surface area contributed by atoms with Gasteiger partial charge in [0.1, 0.15) is 0 Å². The average molecular weight is 241 g/mol. The predicted octanol–water partition coefficient (Wildman–Crippen LogP) is 3.60. The van der Waals surface area contributed by atoms with Crippen molar-refractivity contribution in [3.63, 3.8) is 0 Å². The van der Waals surface area contributed by atoms with Crippen LogP contribution in [0.25, 0.3) is 0 Å². The molecular weight excluding hydrogens is 228 g/mol. The van der Waals surface area contributed by atoms with Gasteiger partial charge in [-0.3, -0.25) is 4.79 Å². The molecule has 13 heavy (non-hydrogen) atoms. The van der Waals surface area contributed by atoms with Crippen LogP contribution in [0.3, 0.4) is 0 Å². The molecule has 0 unspecified atom stereocenters. The molecule has 1 rings (SSSR count). The van der Waals surface area contributed by atoms with Crippen LogP contribution < -0.4 is 0 Å². The number of hydrogen-bond acceptors (Lipinski definition) is 1. The fraction of sp³-hybridized carbons (Fsp3) is 0.364. The van der Waals surface area contributed by atoms with Gasteiger partial charge in [-0.15, -0.1) is 0 Å². The molecule has 70 valence electrons. The van der Waals surface area contributed by atoms with E-state index >= 15 is 0 Å². The molecule has 1 nitrogen and oxygen atoms in total. The predicted molar refractivity (Wildman–Crippen MR) is 58.1 cm³/mol. The minimum Gasteiger partial charge on any atom is -0.294 e. The minimum atomic E-state index is 0.221. The maximum Gasteiger partial charge on any atom is 0.162 e. The lowest BCUT2D eigenvalue weighted by molar-refractivity contribution is 0.0987. The summed E-state index contributed by atoms with van der Waals surface area (Å²) in [5.41, 5.74) is 1.98. The fourth-order valence-corrected chi connectivity index (χ4v) is 2.02. The molecule has 0 fully saturated rings. The molecule has 0 amide bonds. The Morgan fingerprint density at radius 1 is 1.38 bits per heavy atom. The van der Waals surface area contributed by atoms with Gasteiger partial charge >= 0.3 is 0 Å². The number of rotatable bonds is 3. The quantitative estimate of drug-likeness (QED) is 0.739. The van der Waals surface area contributed by atoms with Crippen molar-refractivity contribution in [3.8, 4) is 0 Å². The van der Waals surface area contributed by atoms with Gasteiger partial charge < -0.3 is 0 Å². The van der Waals surface area contributed by atoms with E-state index in [1.165, 1.54) is 0 Å². The SMILES string of the molecule is CCC(=O)c1cccc(Br)c1CC. The molecular formula is C11H13BrO. The van der Waals surface area contributed by atoms with E-state index in [0.29, 0.717) is 6.42 Å². The van der Waals surface area contributed by atoms with Crippen molar-refractivity contribution in [2.24, 2.45) is 0 Å². The lowest BCUT2D eigenvalue weighted by atomic mass is 10.0. The minimum absolute atomic E-state index is 0.221. The van der Waals surface area contributed by atoms with Crippen LogP contribution in [0.5, 0.6) is 0 Å². The Labute approximate surface area is 87.3 Å². The molecule has 1 aromatic rings. The van der Waals surface area contributed by atoms with Crippen LogP contribution in [0, 0.1) is 0 Å². The van der Waals surface area contributed by atoms with Gasteiger partial charge in [0, 0.05) is 16.5 Å². The third-order valence-electron chi connectivity index (χ3n) is 2.09. The highest BCUT2D eigenvalue weighted by molar-refractivity contribution is 9.10. The molecule has 0 spiro atoms. The number of hydrogen-bond donors (Lipinski definition) is 0. The molecule has 0 saturated carbocycles. The standard InChI is InChI=1S/C11H13BrO/c1-3-8-9(11(13)4-2)6-5-7-10(8)12/h5-7H,3-4H2,1-2H3. The zero-order valence-corrected chi connectivity index (χ0v) is 9.52. The van der Waals surface area contributed by atoms with Crippen LogP contribution in [-0.4, -0.2) is 5.78 Å². The molecule has 0 atom stereocenters. The Morgan fingerprint density at radius 2 is 2.08 bits per heavy atom. The highest BCUT2D eigenvalue weighted by atomic mass is 79.9. The Bertz CT molecular complexity index is 318. The zero-order valence-electron chi connectivity index (χ0n) is 7.93. The molecule has 1 aromatic carbocycles. The van der Waals surface area contributed by atoms with E-state index in [1.54, 1.807) is 0 Å². The van der Waals surface area contributed by atoms with Gasteiger partial charge in [-0.25, -0.2) is 0 Å². The van der Waals surface area contributed by atoms with Crippen molar-refractivity contribution in [3.05, 3.63) is 33.8 Å². The third-order valence-corrected chi connectivity index (χ3v) is 2.84. The van der Waals surface area contributed by atoms with Gasteiger partial charge in [0.2, 0.25) is 0 Å². The Kier molecular flexibility index (Phi) is 3.67. The van der Waals surface area contributed by atoms with E-state index in [-0.39, 0.29) is 5.78 Å². The van der Waals surface area contributed by atoms with Crippen LogP contribution in [0.1, 0.15) is 36.2 Å². The fourth-order valence-electron chi connectivity index (χ4n) is 1.37. The second kappa shape index (κ2) is 4.56. The highest BCUT2D eigenvalue weighted by Gasteiger charge is 2.09. The van der Waals surface area contributed by atoms with Crippen molar-refractivity contribution in [2.75, 3.05) is 0 Å². The van der Waals surface area contributed by atoms with E-state index in [0.717, 1.165) is 22.0 Å². The van der Waals surface area contributed by atoms with Crippen LogP contribution in [0.2, 0.25) is 0 Å². The number of halogens is 1. The average Bonchev–Trinajstić information content (AvgIpc) is 2.16. The Morgan fingerprint density at radius 3 is 2.62 bits per heavy atom. The summed E-state index contributed by atoms with van der Waals surface area (Å²) in [4.78, 5) is 11.5. The lowest BCUT2D eigenvalue weighted by Gasteiger charge is -2.07. The van der Waals surface area contributed by atoms with Crippen LogP contribution >= 0.6 is 15.9 Å². The summed E-state index contributed by atoms with van der Waals surface area (Å²) < 4.78 is 1.04. The van der Waals surface area contributed by atoms with Gasteiger partial charge in [-0.1, -0.05) is 41.9 Å². The van der Waals surface area contributed by atoms with Crippen LogP contribution in [0.15, 0.2) is 22.7 Å². The van der Waals surface area contributed by atoms with Gasteiger partial charge in [0.05, 0.1) is 0 Å². The molecule has 0 aromatic heterocycles. The summed E-state index contributed by atoms with van der Waals surface area (Å²) in [5, 5.41) is 0. The van der Waals surface area contributed by atoms with Crippen molar-refractivity contribution in [1.29, 1.82) is 0 Å². The van der Waals surface area contributed by atoms with Crippen LogP contribution in [-0.2, 0) is 6.42 Å². The van der Waals surface area contributed by atoms with Crippen molar-refractivity contribution in [2.45, 2.75) is 26.7 Å². The van der Waals surface area contributed by atoms with E-state index in [2.05, 4.69) is 22.9 Å². The molecule has 0 saturated heterocycles. The number of ketones is 1. The molecule has 0 heterocycles. The highest BCUT2D eigenvalue weighted by Crippen LogP contribution is 2.22.